The van der Waals surface area contributed by atoms with Crippen LogP contribution in [-0.2, 0) is 47.6 Å². The minimum Gasteiger partial charge on any atom is -0.458 e. The normalized spacial score (nSPS) is 40.1. The first-order valence-corrected chi connectivity index (χ1v) is 11.5. The molecule has 4 fully saturated rings. The van der Waals surface area contributed by atoms with E-state index in [9.17, 15) is 14.7 Å². The second kappa shape index (κ2) is 8.93. The molecule has 2 N–H and O–H groups in total. The summed E-state index contributed by atoms with van der Waals surface area (Å²) < 4.78 is 40.0. The number of nitrogens with one attached hydrogen (secondary N) is 1. The van der Waals surface area contributed by atoms with Gasteiger partial charge in [-0.1, -0.05) is 0 Å². The maximum atomic E-state index is 12.8. The standard InChI is InChI=1S/C22H35NO11/c1-20(2,3)32-17(26)13-11(15-19(29-13)34-22(6,7)31-15)9-27-23-16(25)12-10(8-24)14-18(28-12)33-21(4,5)30-14/h10-15,18-19,24H,8-9H2,1-7H3,(H,23,25)/t10-,11-,12+,13+,14-,15-,18-,19-/m1/s1. The number of hydroxylamine groups is 1. The van der Waals surface area contributed by atoms with Gasteiger partial charge in [-0.3, -0.25) is 9.63 Å². The number of aliphatic hydroxyl groups excluding tert-OH is 1. The number of carbonyl (C=O) groups is 2. The Hall–Kier alpha value is -1.38. The van der Waals surface area contributed by atoms with E-state index >= 15 is 0 Å². The molecule has 4 saturated heterocycles. The van der Waals surface area contributed by atoms with E-state index in [0.717, 1.165) is 0 Å². The summed E-state index contributed by atoms with van der Waals surface area (Å²) in [5.74, 6) is -4.17. The minimum absolute atomic E-state index is 0.111. The molecule has 0 aromatic carbocycles. The Kier molecular flexibility index (Phi) is 6.75. The molecular formula is C22H35NO11. The summed E-state index contributed by atoms with van der Waals surface area (Å²) in [4.78, 5) is 31.0. The average Bonchev–Trinajstić information content (AvgIpc) is 3.35. The molecule has 4 heterocycles. The van der Waals surface area contributed by atoms with Gasteiger partial charge in [0, 0.05) is 5.92 Å². The molecule has 0 unspecified atom stereocenters. The van der Waals surface area contributed by atoms with E-state index in [4.69, 9.17) is 38.0 Å². The molecule has 0 bridgehead atoms. The van der Waals surface area contributed by atoms with E-state index in [1.54, 1.807) is 48.5 Å². The number of rotatable bonds is 6. The molecule has 0 aromatic heterocycles. The van der Waals surface area contributed by atoms with Gasteiger partial charge in [0.1, 0.15) is 23.9 Å². The van der Waals surface area contributed by atoms with Gasteiger partial charge in [0.25, 0.3) is 5.91 Å². The lowest BCUT2D eigenvalue weighted by Crippen LogP contribution is -2.45. The fourth-order valence-electron chi connectivity index (χ4n) is 4.64. The van der Waals surface area contributed by atoms with E-state index in [0.29, 0.717) is 0 Å². The number of esters is 1. The molecular weight excluding hydrogens is 454 g/mol. The molecule has 0 aliphatic carbocycles. The predicted molar refractivity (Wildman–Crippen MR) is 111 cm³/mol. The van der Waals surface area contributed by atoms with Crippen LogP contribution < -0.4 is 5.48 Å². The lowest BCUT2D eigenvalue weighted by molar-refractivity contribution is -0.223. The van der Waals surface area contributed by atoms with Gasteiger partial charge >= 0.3 is 5.97 Å². The Bertz CT molecular complexity index is 794. The Morgan fingerprint density at radius 3 is 1.94 bits per heavy atom. The third-order valence-electron chi connectivity index (χ3n) is 5.92. The van der Waals surface area contributed by atoms with Gasteiger partial charge in [-0.25, -0.2) is 10.3 Å². The van der Waals surface area contributed by atoms with Crippen molar-refractivity contribution in [1.29, 1.82) is 0 Å². The molecule has 12 nitrogen and oxygen atoms in total. The van der Waals surface area contributed by atoms with Gasteiger partial charge in [0.2, 0.25) is 0 Å². The molecule has 0 spiro atoms. The summed E-state index contributed by atoms with van der Waals surface area (Å²) in [5.41, 5.74) is 1.63. The molecule has 4 rings (SSSR count). The molecule has 4 aliphatic heterocycles. The Balaban J connectivity index is 1.37. The zero-order valence-electron chi connectivity index (χ0n) is 20.6. The van der Waals surface area contributed by atoms with E-state index in [2.05, 4.69) is 5.48 Å². The van der Waals surface area contributed by atoms with Crippen molar-refractivity contribution in [1.82, 2.24) is 5.48 Å². The van der Waals surface area contributed by atoms with Crippen LogP contribution in [0, 0.1) is 11.8 Å². The second-order valence-corrected chi connectivity index (χ2v) is 10.9. The van der Waals surface area contributed by atoms with Crippen molar-refractivity contribution < 1.29 is 52.7 Å². The van der Waals surface area contributed by atoms with Crippen LogP contribution in [-0.4, -0.2) is 84.4 Å². The third kappa shape index (κ3) is 5.24. The number of ether oxygens (including phenoxy) is 7. The topological polar surface area (TPSA) is 140 Å². The Labute approximate surface area is 198 Å². The van der Waals surface area contributed by atoms with Crippen LogP contribution in [0.25, 0.3) is 0 Å². The fourth-order valence-corrected chi connectivity index (χ4v) is 4.64. The smallest absolute Gasteiger partial charge is 0.336 e. The molecule has 0 radical (unpaired) electrons. The van der Waals surface area contributed by atoms with Crippen LogP contribution in [0.3, 0.4) is 0 Å². The van der Waals surface area contributed by atoms with Crippen molar-refractivity contribution in [3.63, 3.8) is 0 Å². The summed E-state index contributed by atoms with van der Waals surface area (Å²) in [6, 6.07) is 0. The van der Waals surface area contributed by atoms with Gasteiger partial charge < -0.3 is 38.3 Å². The van der Waals surface area contributed by atoms with E-state index in [1.807, 2.05) is 0 Å². The number of hydrogen-bond acceptors (Lipinski definition) is 11. The van der Waals surface area contributed by atoms with Crippen molar-refractivity contribution in [2.75, 3.05) is 13.2 Å². The highest BCUT2D eigenvalue weighted by atomic mass is 16.8. The maximum absolute atomic E-state index is 12.8. The number of aliphatic hydroxyl groups is 1. The highest BCUT2D eigenvalue weighted by molar-refractivity contribution is 5.80. The van der Waals surface area contributed by atoms with E-state index < -0.39 is 77.9 Å². The van der Waals surface area contributed by atoms with E-state index in [1.165, 1.54) is 0 Å². The van der Waals surface area contributed by atoms with Crippen molar-refractivity contribution in [3.8, 4) is 0 Å². The molecule has 0 aromatic rings. The van der Waals surface area contributed by atoms with Crippen LogP contribution in [0.2, 0.25) is 0 Å². The van der Waals surface area contributed by atoms with E-state index in [-0.39, 0.29) is 13.2 Å². The summed E-state index contributed by atoms with van der Waals surface area (Å²) in [7, 11) is 0. The van der Waals surface area contributed by atoms with Crippen LogP contribution in [0.1, 0.15) is 48.5 Å². The van der Waals surface area contributed by atoms with Crippen LogP contribution >= 0.6 is 0 Å². The fraction of sp³-hybridized carbons (Fsp3) is 0.909. The Morgan fingerprint density at radius 2 is 1.41 bits per heavy atom. The largest absolute Gasteiger partial charge is 0.458 e. The van der Waals surface area contributed by atoms with Crippen molar-refractivity contribution >= 4 is 11.9 Å². The van der Waals surface area contributed by atoms with Gasteiger partial charge in [0.15, 0.2) is 30.3 Å². The Morgan fingerprint density at radius 1 is 0.882 bits per heavy atom. The molecule has 34 heavy (non-hydrogen) atoms. The molecule has 194 valence electrons. The number of fused-ring (bicyclic) bond motifs is 2. The number of carbonyl (C=O) groups excluding carboxylic acids is 2. The van der Waals surface area contributed by atoms with Gasteiger partial charge in [-0.05, 0) is 48.5 Å². The van der Waals surface area contributed by atoms with Crippen molar-refractivity contribution in [2.45, 2.75) is 103 Å². The first kappa shape index (κ1) is 25.7. The quantitative estimate of drug-likeness (QED) is 0.394. The predicted octanol–water partition coefficient (Wildman–Crippen LogP) is 0.353. The zero-order valence-corrected chi connectivity index (χ0v) is 20.6. The van der Waals surface area contributed by atoms with Gasteiger partial charge in [-0.2, -0.15) is 0 Å². The zero-order chi connectivity index (χ0) is 25.1. The van der Waals surface area contributed by atoms with Gasteiger partial charge in [-0.15, -0.1) is 0 Å². The second-order valence-electron chi connectivity index (χ2n) is 10.9. The van der Waals surface area contributed by atoms with Crippen molar-refractivity contribution in [2.24, 2.45) is 11.8 Å². The van der Waals surface area contributed by atoms with Crippen LogP contribution in [0.4, 0.5) is 0 Å². The molecule has 4 aliphatic rings. The molecule has 1 amide bonds. The summed E-state index contributed by atoms with van der Waals surface area (Å²) in [6.45, 7) is 11.8. The highest BCUT2D eigenvalue weighted by Crippen LogP contribution is 2.42. The molecule has 0 saturated carbocycles. The highest BCUT2D eigenvalue weighted by Gasteiger charge is 2.58. The molecule has 12 heteroatoms. The summed E-state index contributed by atoms with van der Waals surface area (Å²) >= 11 is 0. The maximum Gasteiger partial charge on any atom is 0.336 e. The van der Waals surface area contributed by atoms with Gasteiger partial charge in [0.05, 0.1) is 19.1 Å². The first-order valence-electron chi connectivity index (χ1n) is 11.5. The van der Waals surface area contributed by atoms with Crippen LogP contribution in [0.15, 0.2) is 0 Å². The van der Waals surface area contributed by atoms with Crippen LogP contribution in [0.5, 0.6) is 0 Å². The minimum atomic E-state index is -1.03. The average molecular weight is 490 g/mol. The lowest BCUT2D eigenvalue weighted by Gasteiger charge is -2.27. The first-order chi connectivity index (χ1) is 15.7. The monoisotopic (exact) mass is 489 g/mol. The summed E-state index contributed by atoms with van der Waals surface area (Å²) in [6.07, 6.45) is -4.75. The SMILES string of the molecule is CC(C)(C)OC(=O)[C@H]1O[C@@H]2OC(C)(C)O[C@@H]2[C@@H]1CONC(=O)[C@H]1O[C@@H]2OC(C)(C)O[C@@H]2[C@@H]1CO. The third-order valence-corrected chi connectivity index (χ3v) is 5.92. The lowest BCUT2D eigenvalue weighted by atomic mass is 9.99. The van der Waals surface area contributed by atoms with Crippen molar-refractivity contribution in [3.05, 3.63) is 0 Å². The number of hydrogen-bond donors (Lipinski definition) is 2. The molecule has 8 atom stereocenters. The number of amides is 1. The summed E-state index contributed by atoms with van der Waals surface area (Å²) in [5, 5.41) is 9.81.